The van der Waals surface area contributed by atoms with E-state index in [9.17, 15) is 4.79 Å². The first-order valence-electron chi connectivity index (χ1n) is 8.15. The van der Waals surface area contributed by atoms with Gasteiger partial charge in [-0.2, -0.15) is 5.10 Å². The van der Waals surface area contributed by atoms with Gasteiger partial charge in [0, 0.05) is 32.4 Å². The molecule has 0 aliphatic carbocycles. The van der Waals surface area contributed by atoms with E-state index >= 15 is 0 Å². The maximum absolute atomic E-state index is 12.3. The van der Waals surface area contributed by atoms with Gasteiger partial charge < -0.3 is 14.2 Å². The Bertz CT molecular complexity index is 848. The summed E-state index contributed by atoms with van der Waals surface area (Å²) in [4.78, 5) is 16.2. The zero-order valence-corrected chi connectivity index (χ0v) is 13.9. The van der Waals surface area contributed by atoms with Gasteiger partial charge in [0.25, 0.3) is 5.91 Å². The molecular formula is C17H18N6O2. The van der Waals surface area contributed by atoms with E-state index in [1.807, 2.05) is 31.3 Å². The Hall–Kier alpha value is -3.16. The highest BCUT2D eigenvalue weighted by atomic mass is 16.3. The lowest BCUT2D eigenvalue weighted by Crippen LogP contribution is -2.49. The predicted molar refractivity (Wildman–Crippen MR) is 90.7 cm³/mol. The van der Waals surface area contributed by atoms with Crippen molar-refractivity contribution in [3.63, 3.8) is 0 Å². The number of amides is 1. The molecule has 0 saturated carbocycles. The summed E-state index contributed by atoms with van der Waals surface area (Å²) in [5.74, 6) is 1.80. The van der Waals surface area contributed by atoms with Crippen molar-refractivity contribution in [1.29, 1.82) is 0 Å². The largest absolute Gasteiger partial charge is 0.459 e. The fourth-order valence-electron chi connectivity index (χ4n) is 2.85. The van der Waals surface area contributed by atoms with Crippen molar-refractivity contribution in [3.8, 4) is 5.82 Å². The molecule has 8 heteroatoms. The van der Waals surface area contributed by atoms with Crippen LogP contribution >= 0.6 is 0 Å². The van der Waals surface area contributed by atoms with E-state index in [4.69, 9.17) is 4.42 Å². The van der Waals surface area contributed by atoms with E-state index < -0.39 is 0 Å². The fourth-order valence-corrected chi connectivity index (χ4v) is 2.85. The smallest absolute Gasteiger partial charge is 0.289 e. The third-order valence-electron chi connectivity index (χ3n) is 4.22. The second kappa shape index (κ2) is 6.39. The number of carbonyl (C=O) groups excluding carboxylic acids is 1. The first-order chi connectivity index (χ1) is 12.2. The van der Waals surface area contributed by atoms with Gasteiger partial charge in [-0.15, -0.1) is 10.2 Å². The van der Waals surface area contributed by atoms with Gasteiger partial charge in [-0.1, -0.05) is 0 Å². The van der Waals surface area contributed by atoms with Crippen LogP contribution in [0.3, 0.4) is 0 Å². The van der Waals surface area contributed by atoms with E-state index in [2.05, 4.69) is 20.2 Å². The summed E-state index contributed by atoms with van der Waals surface area (Å²) in [6.45, 7) is 4.60. The van der Waals surface area contributed by atoms with Crippen LogP contribution in [0.25, 0.3) is 5.82 Å². The molecule has 25 heavy (non-hydrogen) atoms. The van der Waals surface area contributed by atoms with Crippen LogP contribution in [0.4, 0.5) is 5.82 Å². The number of aromatic nitrogens is 4. The molecule has 128 valence electrons. The minimum Gasteiger partial charge on any atom is -0.459 e. The van der Waals surface area contributed by atoms with Crippen LogP contribution in [0, 0.1) is 6.92 Å². The summed E-state index contributed by atoms with van der Waals surface area (Å²) >= 11 is 0. The Morgan fingerprint density at radius 2 is 1.80 bits per heavy atom. The number of piperazine rings is 1. The van der Waals surface area contributed by atoms with Crippen LogP contribution in [0.15, 0.2) is 47.2 Å². The molecule has 0 atom stereocenters. The SMILES string of the molecule is Cc1ccn(-c2ccc(N3CCN(C(=O)c4ccco4)CC3)nn2)n1. The Morgan fingerprint density at radius 3 is 2.40 bits per heavy atom. The monoisotopic (exact) mass is 338 g/mol. The topological polar surface area (TPSA) is 80.3 Å². The maximum Gasteiger partial charge on any atom is 0.289 e. The number of anilines is 1. The summed E-state index contributed by atoms with van der Waals surface area (Å²) in [6, 6.07) is 9.17. The minimum absolute atomic E-state index is 0.0693. The third-order valence-corrected chi connectivity index (χ3v) is 4.22. The lowest BCUT2D eigenvalue weighted by molar-refractivity contribution is 0.0714. The molecule has 0 unspecified atom stereocenters. The number of hydrogen-bond donors (Lipinski definition) is 0. The molecule has 1 fully saturated rings. The average molecular weight is 338 g/mol. The average Bonchev–Trinajstić information content (AvgIpc) is 3.33. The molecule has 0 spiro atoms. The van der Waals surface area contributed by atoms with Crippen molar-refractivity contribution in [3.05, 3.63) is 54.2 Å². The van der Waals surface area contributed by atoms with E-state index in [1.165, 1.54) is 6.26 Å². The molecule has 0 N–H and O–H groups in total. The molecule has 1 aliphatic rings. The maximum atomic E-state index is 12.3. The van der Waals surface area contributed by atoms with Crippen molar-refractivity contribution in [2.45, 2.75) is 6.92 Å². The predicted octanol–water partition coefficient (Wildman–Crippen LogP) is 1.53. The molecule has 1 saturated heterocycles. The Labute approximate surface area is 144 Å². The second-order valence-corrected chi connectivity index (χ2v) is 5.91. The van der Waals surface area contributed by atoms with Crippen molar-refractivity contribution in [2.24, 2.45) is 0 Å². The van der Waals surface area contributed by atoms with Gasteiger partial charge in [0.15, 0.2) is 17.4 Å². The number of hydrogen-bond acceptors (Lipinski definition) is 6. The minimum atomic E-state index is -0.0693. The molecule has 4 heterocycles. The Morgan fingerprint density at radius 1 is 1.04 bits per heavy atom. The zero-order valence-electron chi connectivity index (χ0n) is 13.9. The number of carbonyl (C=O) groups is 1. The van der Waals surface area contributed by atoms with E-state index in [0.717, 1.165) is 11.5 Å². The van der Waals surface area contributed by atoms with Crippen LogP contribution in [0.2, 0.25) is 0 Å². The molecule has 0 radical (unpaired) electrons. The van der Waals surface area contributed by atoms with Crippen LogP contribution in [-0.4, -0.2) is 57.0 Å². The molecular weight excluding hydrogens is 320 g/mol. The van der Waals surface area contributed by atoms with Crippen molar-refractivity contribution >= 4 is 11.7 Å². The summed E-state index contributed by atoms with van der Waals surface area (Å²) < 4.78 is 6.88. The molecule has 4 rings (SSSR count). The summed E-state index contributed by atoms with van der Waals surface area (Å²) in [5, 5.41) is 12.9. The lowest BCUT2D eigenvalue weighted by Gasteiger charge is -2.34. The second-order valence-electron chi connectivity index (χ2n) is 5.91. The number of furan rings is 1. The highest BCUT2D eigenvalue weighted by molar-refractivity contribution is 5.91. The van der Waals surface area contributed by atoms with E-state index in [1.54, 1.807) is 21.7 Å². The highest BCUT2D eigenvalue weighted by Crippen LogP contribution is 2.16. The molecule has 3 aromatic rings. The molecule has 1 amide bonds. The van der Waals surface area contributed by atoms with E-state index in [-0.39, 0.29) is 5.91 Å². The Balaban J connectivity index is 1.40. The molecule has 1 aliphatic heterocycles. The Kier molecular flexibility index (Phi) is 3.93. The van der Waals surface area contributed by atoms with Gasteiger partial charge in [0.05, 0.1) is 12.0 Å². The van der Waals surface area contributed by atoms with Gasteiger partial charge in [0.2, 0.25) is 0 Å². The van der Waals surface area contributed by atoms with Gasteiger partial charge >= 0.3 is 0 Å². The number of rotatable bonds is 3. The van der Waals surface area contributed by atoms with Gasteiger partial charge in [-0.3, -0.25) is 4.79 Å². The first-order valence-corrected chi connectivity index (χ1v) is 8.15. The van der Waals surface area contributed by atoms with Crippen molar-refractivity contribution in [1.82, 2.24) is 24.9 Å². The van der Waals surface area contributed by atoms with E-state index in [0.29, 0.717) is 37.8 Å². The van der Waals surface area contributed by atoms with Crippen LogP contribution in [0.5, 0.6) is 0 Å². The molecule has 0 aromatic carbocycles. The van der Waals surface area contributed by atoms with Crippen molar-refractivity contribution in [2.75, 3.05) is 31.1 Å². The molecule has 0 bridgehead atoms. The standard InChI is InChI=1S/C17H18N6O2/c1-13-6-7-23(20-13)16-5-4-15(18-19-16)21-8-10-22(11-9-21)17(24)14-3-2-12-25-14/h2-7,12H,8-11H2,1H3. The van der Waals surface area contributed by atoms with Gasteiger partial charge in [-0.25, -0.2) is 4.68 Å². The fraction of sp³-hybridized carbons (Fsp3) is 0.294. The zero-order chi connectivity index (χ0) is 17.2. The number of aryl methyl sites for hydroxylation is 1. The van der Waals surface area contributed by atoms with Crippen LogP contribution in [-0.2, 0) is 0 Å². The molecule has 8 nitrogen and oxygen atoms in total. The summed E-state index contributed by atoms with van der Waals surface area (Å²) in [7, 11) is 0. The summed E-state index contributed by atoms with van der Waals surface area (Å²) in [6.07, 6.45) is 3.37. The highest BCUT2D eigenvalue weighted by Gasteiger charge is 2.24. The lowest BCUT2D eigenvalue weighted by atomic mass is 10.3. The van der Waals surface area contributed by atoms with Crippen LogP contribution < -0.4 is 4.90 Å². The van der Waals surface area contributed by atoms with Gasteiger partial charge in [-0.05, 0) is 37.3 Å². The van der Waals surface area contributed by atoms with Crippen molar-refractivity contribution < 1.29 is 9.21 Å². The quantitative estimate of drug-likeness (QED) is 0.720. The normalized spacial score (nSPS) is 14.8. The van der Waals surface area contributed by atoms with Crippen LogP contribution in [0.1, 0.15) is 16.2 Å². The summed E-state index contributed by atoms with van der Waals surface area (Å²) in [5.41, 5.74) is 0.934. The third kappa shape index (κ3) is 3.10. The number of nitrogens with zero attached hydrogens (tertiary/aromatic N) is 6. The first kappa shape index (κ1) is 15.4. The molecule has 3 aromatic heterocycles. The van der Waals surface area contributed by atoms with Gasteiger partial charge in [0.1, 0.15) is 0 Å².